The SMILES string of the molecule is CC(O)CC1CCCN1C(=O)c1csc(-c2ccco2)n1. The second-order valence-electron chi connectivity index (χ2n) is 5.39. The number of aliphatic hydroxyl groups is 1. The van der Waals surface area contributed by atoms with Crippen LogP contribution in [-0.2, 0) is 0 Å². The van der Waals surface area contributed by atoms with Gasteiger partial charge in [-0.1, -0.05) is 0 Å². The molecule has 6 heteroatoms. The number of nitrogens with zero attached hydrogens (tertiary/aromatic N) is 2. The minimum absolute atomic E-state index is 0.0489. The third-order valence-corrected chi connectivity index (χ3v) is 4.56. The van der Waals surface area contributed by atoms with Gasteiger partial charge in [-0.25, -0.2) is 4.98 Å². The van der Waals surface area contributed by atoms with Gasteiger partial charge >= 0.3 is 0 Å². The van der Waals surface area contributed by atoms with Crippen molar-refractivity contribution in [1.29, 1.82) is 0 Å². The van der Waals surface area contributed by atoms with Crippen LogP contribution in [0.2, 0.25) is 0 Å². The van der Waals surface area contributed by atoms with Gasteiger partial charge in [0, 0.05) is 18.0 Å². The first-order chi connectivity index (χ1) is 10.1. The molecular weight excluding hydrogens is 288 g/mol. The van der Waals surface area contributed by atoms with Gasteiger partial charge in [-0.2, -0.15) is 0 Å². The molecule has 3 rings (SSSR count). The molecule has 0 aliphatic carbocycles. The largest absolute Gasteiger partial charge is 0.462 e. The van der Waals surface area contributed by atoms with Gasteiger partial charge in [0.2, 0.25) is 0 Å². The molecule has 2 aromatic heterocycles. The molecule has 3 heterocycles. The van der Waals surface area contributed by atoms with Crippen molar-refractivity contribution in [1.82, 2.24) is 9.88 Å². The number of aromatic nitrogens is 1. The van der Waals surface area contributed by atoms with Gasteiger partial charge in [-0.3, -0.25) is 4.79 Å². The molecule has 1 saturated heterocycles. The Morgan fingerprint density at radius 3 is 3.24 bits per heavy atom. The minimum atomic E-state index is -0.391. The maximum Gasteiger partial charge on any atom is 0.273 e. The number of carbonyl (C=O) groups is 1. The average Bonchev–Trinajstić information content (AvgIpc) is 3.18. The van der Waals surface area contributed by atoms with E-state index in [9.17, 15) is 9.90 Å². The molecule has 112 valence electrons. The monoisotopic (exact) mass is 306 g/mol. The average molecular weight is 306 g/mol. The van der Waals surface area contributed by atoms with Crippen LogP contribution in [0.4, 0.5) is 0 Å². The van der Waals surface area contributed by atoms with E-state index in [-0.39, 0.29) is 11.9 Å². The molecule has 5 nitrogen and oxygen atoms in total. The van der Waals surface area contributed by atoms with Crippen molar-refractivity contribution in [3.8, 4) is 10.8 Å². The fraction of sp³-hybridized carbons (Fsp3) is 0.467. The number of thiazole rings is 1. The van der Waals surface area contributed by atoms with E-state index in [1.54, 1.807) is 24.6 Å². The molecular formula is C15H18N2O3S. The summed E-state index contributed by atoms with van der Waals surface area (Å²) in [4.78, 5) is 18.8. The summed E-state index contributed by atoms with van der Waals surface area (Å²) in [6, 6.07) is 3.75. The van der Waals surface area contributed by atoms with E-state index in [1.807, 2.05) is 11.0 Å². The number of rotatable bonds is 4. The van der Waals surface area contributed by atoms with Gasteiger partial charge in [0.05, 0.1) is 12.4 Å². The summed E-state index contributed by atoms with van der Waals surface area (Å²) in [5, 5.41) is 12.0. The van der Waals surface area contributed by atoms with E-state index in [0.29, 0.717) is 17.9 Å². The molecule has 1 N–H and O–H groups in total. The second-order valence-corrected chi connectivity index (χ2v) is 6.25. The Morgan fingerprint density at radius 2 is 2.52 bits per heavy atom. The lowest BCUT2D eigenvalue weighted by molar-refractivity contribution is 0.0677. The van der Waals surface area contributed by atoms with Crippen LogP contribution in [0.15, 0.2) is 28.2 Å². The summed E-state index contributed by atoms with van der Waals surface area (Å²) in [7, 11) is 0. The first-order valence-electron chi connectivity index (χ1n) is 7.13. The maximum atomic E-state index is 12.6. The molecule has 1 aliphatic heterocycles. The number of hydrogen-bond donors (Lipinski definition) is 1. The summed E-state index contributed by atoms with van der Waals surface area (Å²) in [6.07, 6.45) is 3.76. The van der Waals surface area contributed by atoms with Gasteiger partial charge in [0.1, 0.15) is 5.69 Å². The van der Waals surface area contributed by atoms with Crippen molar-refractivity contribution < 1.29 is 14.3 Å². The van der Waals surface area contributed by atoms with E-state index in [4.69, 9.17) is 4.42 Å². The van der Waals surface area contributed by atoms with Crippen LogP contribution in [-0.4, -0.2) is 39.6 Å². The van der Waals surface area contributed by atoms with Crippen LogP contribution >= 0.6 is 11.3 Å². The van der Waals surface area contributed by atoms with Crippen molar-refractivity contribution in [3.63, 3.8) is 0 Å². The number of carbonyl (C=O) groups excluding carboxylic acids is 1. The minimum Gasteiger partial charge on any atom is -0.462 e. The zero-order valence-electron chi connectivity index (χ0n) is 11.9. The van der Waals surface area contributed by atoms with Crippen LogP contribution in [0.5, 0.6) is 0 Å². The van der Waals surface area contributed by atoms with Crippen molar-refractivity contribution in [2.24, 2.45) is 0 Å². The molecule has 0 saturated carbocycles. The maximum absolute atomic E-state index is 12.6. The number of hydrogen-bond acceptors (Lipinski definition) is 5. The quantitative estimate of drug-likeness (QED) is 0.943. The van der Waals surface area contributed by atoms with Crippen LogP contribution in [0.1, 0.15) is 36.7 Å². The molecule has 2 aromatic rings. The Hall–Kier alpha value is -1.66. The van der Waals surface area contributed by atoms with Crippen molar-refractivity contribution in [3.05, 3.63) is 29.5 Å². The summed E-state index contributed by atoms with van der Waals surface area (Å²) in [5.74, 6) is 0.633. The van der Waals surface area contributed by atoms with Crippen LogP contribution in [0.3, 0.4) is 0 Å². The van der Waals surface area contributed by atoms with Crippen molar-refractivity contribution >= 4 is 17.2 Å². The molecule has 0 radical (unpaired) electrons. The Labute approximate surface area is 127 Å². The molecule has 0 bridgehead atoms. The van der Waals surface area contributed by atoms with Crippen LogP contribution in [0, 0.1) is 0 Å². The molecule has 2 atom stereocenters. The lowest BCUT2D eigenvalue weighted by Gasteiger charge is -2.24. The van der Waals surface area contributed by atoms with E-state index in [1.165, 1.54) is 11.3 Å². The van der Waals surface area contributed by atoms with Gasteiger partial charge < -0.3 is 14.4 Å². The highest BCUT2D eigenvalue weighted by Crippen LogP contribution is 2.27. The highest BCUT2D eigenvalue weighted by Gasteiger charge is 2.31. The Kier molecular flexibility index (Phi) is 4.07. The fourth-order valence-electron chi connectivity index (χ4n) is 2.77. The Morgan fingerprint density at radius 1 is 1.67 bits per heavy atom. The lowest BCUT2D eigenvalue weighted by atomic mass is 10.1. The van der Waals surface area contributed by atoms with E-state index in [0.717, 1.165) is 24.4 Å². The van der Waals surface area contributed by atoms with Gasteiger partial charge in [-0.05, 0) is 38.3 Å². The second kappa shape index (κ2) is 5.99. The third-order valence-electron chi connectivity index (χ3n) is 3.71. The third kappa shape index (κ3) is 3.01. The Bertz CT molecular complexity index is 606. The van der Waals surface area contributed by atoms with Crippen LogP contribution in [0.25, 0.3) is 10.8 Å². The van der Waals surface area contributed by atoms with Crippen molar-refractivity contribution in [2.45, 2.75) is 38.3 Å². The van der Waals surface area contributed by atoms with E-state index < -0.39 is 6.10 Å². The van der Waals surface area contributed by atoms with Crippen molar-refractivity contribution in [2.75, 3.05) is 6.54 Å². The van der Waals surface area contributed by atoms with Gasteiger partial charge in [0.25, 0.3) is 5.91 Å². The zero-order chi connectivity index (χ0) is 14.8. The number of aliphatic hydroxyl groups excluding tert-OH is 1. The fourth-order valence-corrected chi connectivity index (χ4v) is 3.53. The lowest BCUT2D eigenvalue weighted by Crippen LogP contribution is -2.37. The number of furan rings is 1. The number of amides is 1. The summed E-state index contributed by atoms with van der Waals surface area (Å²) in [5.41, 5.74) is 0.462. The topological polar surface area (TPSA) is 66.6 Å². The van der Waals surface area contributed by atoms with E-state index in [2.05, 4.69) is 4.98 Å². The Balaban J connectivity index is 1.76. The van der Waals surface area contributed by atoms with Gasteiger partial charge in [-0.15, -0.1) is 11.3 Å². The first-order valence-corrected chi connectivity index (χ1v) is 8.01. The molecule has 21 heavy (non-hydrogen) atoms. The highest BCUT2D eigenvalue weighted by atomic mass is 32.1. The number of likely N-dealkylation sites (tertiary alicyclic amines) is 1. The van der Waals surface area contributed by atoms with Crippen LogP contribution < -0.4 is 0 Å². The molecule has 1 amide bonds. The summed E-state index contributed by atoms with van der Waals surface area (Å²) >= 11 is 1.41. The standard InChI is InChI=1S/C15H18N2O3S/c1-10(18)8-11-4-2-6-17(11)15(19)12-9-21-14(16-12)13-5-3-7-20-13/h3,5,7,9-11,18H,2,4,6,8H2,1H3. The molecule has 0 spiro atoms. The summed E-state index contributed by atoms with van der Waals surface area (Å²) < 4.78 is 5.30. The molecule has 2 unspecified atom stereocenters. The zero-order valence-corrected chi connectivity index (χ0v) is 12.7. The van der Waals surface area contributed by atoms with E-state index >= 15 is 0 Å². The first kappa shape index (κ1) is 14.3. The predicted molar refractivity (Wildman–Crippen MR) is 80.2 cm³/mol. The summed E-state index contributed by atoms with van der Waals surface area (Å²) in [6.45, 7) is 2.50. The smallest absolute Gasteiger partial charge is 0.273 e. The molecule has 1 aliphatic rings. The molecule has 1 fully saturated rings. The predicted octanol–water partition coefficient (Wildman–Crippen LogP) is 2.78. The highest BCUT2D eigenvalue weighted by molar-refractivity contribution is 7.13. The molecule has 0 aromatic carbocycles. The van der Waals surface area contributed by atoms with Gasteiger partial charge in [0.15, 0.2) is 10.8 Å². The normalized spacial score (nSPS) is 19.9.